The SMILES string of the molecule is CCCCc1noc(-c2ccc(C(=O)/C=C(\C)CC3CCCC3)cc2)n1. The molecular formula is C22H28N2O2. The van der Waals surface area contributed by atoms with Gasteiger partial charge in [-0.25, -0.2) is 0 Å². The summed E-state index contributed by atoms with van der Waals surface area (Å²) in [6.07, 6.45) is 11.1. The van der Waals surface area contributed by atoms with Crippen LogP contribution in [-0.2, 0) is 6.42 Å². The fourth-order valence-corrected chi connectivity index (χ4v) is 3.62. The van der Waals surface area contributed by atoms with E-state index in [1.165, 1.54) is 31.3 Å². The summed E-state index contributed by atoms with van der Waals surface area (Å²) >= 11 is 0. The van der Waals surface area contributed by atoms with Crippen LogP contribution in [0.5, 0.6) is 0 Å². The van der Waals surface area contributed by atoms with Crippen LogP contribution >= 0.6 is 0 Å². The second-order valence-electron chi connectivity index (χ2n) is 7.41. The van der Waals surface area contributed by atoms with Gasteiger partial charge in [-0.1, -0.05) is 61.9 Å². The van der Waals surface area contributed by atoms with E-state index in [2.05, 4.69) is 24.0 Å². The van der Waals surface area contributed by atoms with Gasteiger partial charge in [-0.3, -0.25) is 4.79 Å². The molecule has 0 atom stereocenters. The topological polar surface area (TPSA) is 56.0 Å². The quantitative estimate of drug-likeness (QED) is 0.446. The van der Waals surface area contributed by atoms with Crippen LogP contribution in [0.25, 0.3) is 11.5 Å². The maximum Gasteiger partial charge on any atom is 0.257 e. The third kappa shape index (κ3) is 4.90. The smallest absolute Gasteiger partial charge is 0.257 e. The second-order valence-corrected chi connectivity index (χ2v) is 7.41. The van der Waals surface area contributed by atoms with Crippen molar-refractivity contribution in [2.24, 2.45) is 5.92 Å². The fourth-order valence-electron chi connectivity index (χ4n) is 3.62. The van der Waals surface area contributed by atoms with Crippen molar-refractivity contribution in [2.45, 2.75) is 65.2 Å². The predicted octanol–water partition coefficient (Wildman–Crippen LogP) is 5.79. The Labute approximate surface area is 155 Å². The van der Waals surface area contributed by atoms with Crippen LogP contribution in [0, 0.1) is 5.92 Å². The lowest BCUT2D eigenvalue weighted by Gasteiger charge is -2.08. The lowest BCUT2D eigenvalue weighted by atomic mass is 9.97. The summed E-state index contributed by atoms with van der Waals surface area (Å²) in [4.78, 5) is 16.9. The number of carbonyl (C=O) groups excluding carboxylic acids is 1. The monoisotopic (exact) mass is 352 g/mol. The molecule has 1 aliphatic rings. The molecule has 0 amide bonds. The summed E-state index contributed by atoms with van der Waals surface area (Å²) in [5.41, 5.74) is 2.73. The van der Waals surface area contributed by atoms with Crippen LogP contribution in [0.4, 0.5) is 0 Å². The van der Waals surface area contributed by atoms with E-state index in [1.54, 1.807) is 6.08 Å². The van der Waals surface area contributed by atoms with Crippen molar-refractivity contribution in [2.75, 3.05) is 0 Å². The summed E-state index contributed by atoms with van der Waals surface area (Å²) < 4.78 is 5.33. The van der Waals surface area contributed by atoms with Gasteiger partial charge in [0.2, 0.25) is 0 Å². The Hall–Kier alpha value is -2.23. The van der Waals surface area contributed by atoms with E-state index in [1.807, 2.05) is 24.3 Å². The number of allylic oxidation sites excluding steroid dienone is 2. The van der Waals surface area contributed by atoms with Crippen LogP contribution < -0.4 is 0 Å². The van der Waals surface area contributed by atoms with Crippen LogP contribution in [0.2, 0.25) is 0 Å². The van der Waals surface area contributed by atoms with Crippen molar-refractivity contribution in [3.8, 4) is 11.5 Å². The van der Waals surface area contributed by atoms with E-state index in [-0.39, 0.29) is 5.78 Å². The number of aromatic nitrogens is 2. The minimum atomic E-state index is 0.0706. The van der Waals surface area contributed by atoms with Gasteiger partial charge < -0.3 is 4.52 Å². The van der Waals surface area contributed by atoms with Crippen molar-refractivity contribution >= 4 is 5.78 Å². The number of ketones is 1. The lowest BCUT2D eigenvalue weighted by Crippen LogP contribution is -1.99. The molecule has 1 aliphatic carbocycles. The van der Waals surface area contributed by atoms with Crippen molar-refractivity contribution in [3.63, 3.8) is 0 Å². The molecule has 3 rings (SSSR count). The predicted molar refractivity (Wildman–Crippen MR) is 103 cm³/mol. The highest BCUT2D eigenvalue weighted by molar-refractivity contribution is 6.05. The van der Waals surface area contributed by atoms with Crippen LogP contribution in [0.1, 0.15) is 75.0 Å². The third-order valence-corrected chi connectivity index (χ3v) is 5.10. The third-order valence-electron chi connectivity index (χ3n) is 5.10. The molecule has 0 N–H and O–H groups in total. The van der Waals surface area contributed by atoms with Gasteiger partial charge in [-0.2, -0.15) is 4.98 Å². The highest BCUT2D eigenvalue weighted by Gasteiger charge is 2.16. The average Bonchev–Trinajstić information content (AvgIpc) is 3.32. The van der Waals surface area contributed by atoms with Gasteiger partial charge >= 0.3 is 0 Å². The fraction of sp³-hybridized carbons (Fsp3) is 0.500. The molecule has 0 bridgehead atoms. The number of rotatable bonds is 8. The number of carbonyl (C=O) groups is 1. The molecule has 1 heterocycles. The minimum Gasteiger partial charge on any atom is -0.334 e. The van der Waals surface area contributed by atoms with Gasteiger partial charge in [-0.05, 0) is 43.9 Å². The summed E-state index contributed by atoms with van der Waals surface area (Å²) in [6, 6.07) is 7.44. The Kier molecular flexibility index (Phi) is 6.37. The number of unbranched alkanes of at least 4 members (excludes halogenated alkanes) is 1. The maximum absolute atomic E-state index is 12.5. The molecule has 1 saturated carbocycles. The van der Waals surface area contributed by atoms with E-state index >= 15 is 0 Å². The van der Waals surface area contributed by atoms with E-state index in [0.717, 1.165) is 43.0 Å². The molecule has 1 aromatic heterocycles. The Bertz CT molecular complexity index is 753. The number of nitrogens with zero attached hydrogens (tertiary/aromatic N) is 2. The summed E-state index contributed by atoms with van der Waals surface area (Å²) in [7, 11) is 0. The summed E-state index contributed by atoms with van der Waals surface area (Å²) in [5, 5.41) is 4.01. The first-order valence-corrected chi connectivity index (χ1v) is 9.80. The zero-order valence-corrected chi connectivity index (χ0v) is 15.8. The van der Waals surface area contributed by atoms with Gasteiger partial charge in [0, 0.05) is 17.5 Å². The van der Waals surface area contributed by atoms with Crippen molar-refractivity contribution < 1.29 is 9.32 Å². The molecule has 4 heteroatoms. The number of hydrogen-bond acceptors (Lipinski definition) is 4. The molecule has 1 fully saturated rings. The largest absolute Gasteiger partial charge is 0.334 e. The van der Waals surface area contributed by atoms with Gasteiger partial charge in [-0.15, -0.1) is 0 Å². The highest BCUT2D eigenvalue weighted by atomic mass is 16.5. The van der Waals surface area contributed by atoms with Crippen molar-refractivity contribution in [1.29, 1.82) is 0 Å². The molecule has 2 aromatic rings. The minimum absolute atomic E-state index is 0.0706. The molecule has 0 radical (unpaired) electrons. The van der Waals surface area contributed by atoms with E-state index < -0.39 is 0 Å². The Morgan fingerprint density at radius 1 is 1.23 bits per heavy atom. The molecule has 26 heavy (non-hydrogen) atoms. The summed E-state index contributed by atoms with van der Waals surface area (Å²) in [6.45, 7) is 4.21. The highest BCUT2D eigenvalue weighted by Crippen LogP contribution is 2.30. The molecule has 0 aliphatic heterocycles. The van der Waals surface area contributed by atoms with Crippen molar-refractivity contribution in [3.05, 3.63) is 47.3 Å². The van der Waals surface area contributed by atoms with Crippen LogP contribution in [0.15, 0.2) is 40.4 Å². The average molecular weight is 352 g/mol. The molecule has 138 valence electrons. The van der Waals surface area contributed by atoms with Gasteiger partial charge in [0.25, 0.3) is 5.89 Å². The first-order chi connectivity index (χ1) is 12.7. The first kappa shape index (κ1) is 18.6. The number of hydrogen-bond donors (Lipinski definition) is 0. The maximum atomic E-state index is 12.5. The number of benzene rings is 1. The zero-order valence-electron chi connectivity index (χ0n) is 15.8. The van der Waals surface area contributed by atoms with E-state index in [9.17, 15) is 4.79 Å². The van der Waals surface area contributed by atoms with Gasteiger partial charge in [0.05, 0.1) is 0 Å². The van der Waals surface area contributed by atoms with Crippen LogP contribution in [-0.4, -0.2) is 15.9 Å². The first-order valence-electron chi connectivity index (χ1n) is 9.80. The molecule has 0 unspecified atom stereocenters. The molecule has 4 nitrogen and oxygen atoms in total. The summed E-state index contributed by atoms with van der Waals surface area (Å²) in [5.74, 6) is 2.09. The van der Waals surface area contributed by atoms with Gasteiger partial charge in [0.1, 0.15) is 0 Å². The Morgan fingerprint density at radius 3 is 2.65 bits per heavy atom. The number of aryl methyl sites for hydroxylation is 1. The van der Waals surface area contributed by atoms with Crippen molar-refractivity contribution in [1.82, 2.24) is 10.1 Å². The standard InChI is InChI=1S/C22H28N2O2/c1-3-4-9-21-23-22(26-24-21)19-12-10-18(11-13-19)20(25)15-16(2)14-17-7-5-6-8-17/h10-13,15,17H,3-9,14H2,1-2H3/b16-15+. The second kappa shape index (κ2) is 8.93. The van der Waals surface area contributed by atoms with E-state index in [0.29, 0.717) is 11.5 Å². The van der Waals surface area contributed by atoms with E-state index in [4.69, 9.17) is 4.52 Å². The normalized spacial score (nSPS) is 15.5. The molecular weight excluding hydrogens is 324 g/mol. The zero-order chi connectivity index (χ0) is 18.4. The molecule has 0 spiro atoms. The van der Waals surface area contributed by atoms with Crippen LogP contribution in [0.3, 0.4) is 0 Å². The Balaban J connectivity index is 1.62. The lowest BCUT2D eigenvalue weighted by molar-refractivity contribution is 0.104. The molecule has 0 saturated heterocycles. The molecule has 1 aromatic carbocycles. The van der Waals surface area contributed by atoms with Gasteiger partial charge in [0.15, 0.2) is 11.6 Å². The Morgan fingerprint density at radius 2 is 1.96 bits per heavy atom.